The summed E-state index contributed by atoms with van der Waals surface area (Å²) in [6, 6.07) is 9.59. The second-order valence-electron chi connectivity index (χ2n) is 5.71. The Bertz CT molecular complexity index is 643. The Kier molecular flexibility index (Phi) is 4.86. The Balaban J connectivity index is 1.70. The zero-order valence-corrected chi connectivity index (χ0v) is 13.3. The van der Waals surface area contributed by atoms with Gasteiger partial charge in [-0.05, 0) is 56.0 Å². The highest BCUT2D eigenvalue weighted by molar-refractivity contribution is 5.94. The molecule has 23 heavy (non-hydrogen) atoms. The van der Waals surface area contributed by atoms with Crippen molar-refractivity contribution in [2.75, 3.05) is 6.54 Å². The fraction of sp³-hybridized carbons (Fsp3) is 0.389. The number of ether oxygens (including phenoxy) is 1. The molecular formula is C18H21N3O2. The second kappa shape index (κ2) is 7.22. The van der Waals surface area contributed by atoms with Crippen LogP contribution in [-0.2, 0) is 0 Å². The number of rotatable bonds is 4. The van der Waals surface area contributed by atoms with Crippen molar-refractivity contribution in [2.24, 2.45) is 0 Å². The van der Waals surface area contributed by atoms with Crippen molar-refractivity contribution in [1.29, 1.82) is 0 Å². The quantitative estimate of drug-likeness (QED) is 0.864. The SMILES string of the molecule is CCC1CCCCN1C(=O)c1ccc(Oc2ncccn2)cc1. The van der Waals surface area contributed by atoms with Gasteiger partial charge in [0.05, 0.1) is 0 Å². The van der Waals surface area contributed by atoms with E-state index in [0.29, 0.717) is 23.4 Å². The topological polar surface area (TPSA) is 55.3 Å². The van der Waals surface area contributed by atoms with Crippen molar-refractivity contribution < 1.29 is 9.53 Å². The molecule has 0 spiro atoms. The molecule has 0 bridgehead atoms. The Hall–Kier alpha value is -2.43. The van der Waals surface area contributed by atoms with Gasteiger partial charge in [-0.2, -0.15) is 0 Å². The summed E-state index contributed by atoms with van der Waals surface area (Å²) in [5, 5.41) is 0. The Morgan fingerprint density at radius 3 is 2.65 bits per heavy atom. The number of carbonyl (C=O) groups excluding carboxylic acids is 1. The molecule has 2 heterocycles. The minimum Gasteiger partial charge on any atom is -0.424 e. The van der Waals surface area contributed by atoms with Crippen LogP contribution in [0.2, 0.25) is 0 Å². The van der Waals surface area contributed by atoms with E-state index in [1.807, 2.05) is 17.0 Å². The molecule has 120 valence electrons. The van der Waals surface area contributed by atoms with Gasteiger partial charge in [0.2, 0.25) is 0 Å². The summed E-state index contributed by atoms with van der Waals surface area (Å²) in [7, 11) is 0. The number of likely N-dealkylation sites (tertiary alicyclic amines) is 1. The largest absolute Gasteiger partial charge is 0.424 e. The van der Waals surface area contributed by atoms with E-state index in [4.69, 9.17) is 4.74 Å². The second-order valence-corrected chi connectivity index (χ2v) is 5.71. The lowest BCUT2D eigenvalue weighted by molar-refractivity contribution is 0.0608. The molecule has 5 nitrogen and oxygen atoms in total. The van der Waals surface area contributed by atoms with Gasteiger partial charge >= 0.3 is 6.01 Å². The van der Waals surface area contributed by atoms with Crippen LogP contribution < -0.4 is 4.74 Å². The number of aromatic nitrogens is 2. The van der Waals surface area contributed by atoms with E-state index < -0.39 is 0 Å². The van der Waals surface area contributed by atoms with Crippen molar-refractivity contribution >= 4 is 5.91 Å². The highest BCUT2D eigenvalue weighted by atomic mass is 16.5. The van der Waals surface area contributed by atoms with Crippen LogP contribution in [0.25, 0.3) is 0 Å². The molecule has 1 amide bonds. The van der Waals surface area contributed by atoms with Gasteiger partial charge in [-0.3, -0.25) is 4.79 Å². The smallest absolute Gasteiger partial charge is 0.321 e. The maximum atomic E-state index is 12.7. The molecule has 0 radical (unpaired) electrons. The predicted octanol–water partition coefficient (Wildman–Crippen LogP) is 3.67. The minimum absolute atomic E-state index is 0.110. The van der Waals surface area contributed by atoms with E-state index in [1.165, 1.54) is 6.42 Å². The van der Waals surface area contributed by atoms with Crippen molar-refractivity contribution in [3.63, 3.8) is 0 Å². The number of nitrogens with zero attached hydrogens (tertiary/aromatic N) is 3. The van der Waals surface area contributed by atoms with Gasteiger partial charge in [0.15, 0.2) is 0 Å². The van der Waals surface area contributed by atoms with Crippen molar-refractivity contribution in [3.8, 4) is 11.8 Å². The molecule has 3 rings (SSSR count). The van der Waals surface area contributed by atoms with Gasteiger partial charge in [-0.25, -0.2) is 9.97 Å². The van der Waals surface area contributed by atoms with Gasteiger partial charge in [0.25, 0.3) is 5.91 Å². The first-order valence-corrected chi connectivity index (χ1v) is 8.14. The van der Waals surface area contributed by atoms with Crippen molar-refractivity contribution in [3.05, 3.63) is 48.3 Å². The summed E-state index contributed by atoms with van der Waals surface area (Å²) in [6.45, 7) is 3.00. The lowest BCUT2D eigenvalue weighted by Crippen LogP contribution is -2.43. The fourth-order valence-electron chi connectivity index (χ4n) is 2.97. The van der Waals surface area contributed by atoms with Gasteiger partial charge in [0.1, 0.15) is 5.75 Å². The standard InChI is InChI=1S/C18H21N3O2/c1-2-15-6-3-4-13-21(15)17(22)14-7-9-16(10-8-14)23-18-19-11-5-12-20-18/h5,7-12,15H,2-4,6,13H2,1H3. The van der Waals surface area contributed by atoms with E-state index in [2.05, 4.69) is 16.9 Å². The number of carbonyl (C=O) groups is 1. The summed E-state index contributed by atoms with van der Waals surface area (Å²) in [5.41, 5.74) is 0.701. The monoisotopic (exact) mass is 311 g/mol. The van der Waals surface area contributed by atoms with Crippen molar-refractivity contribution in [1.82, 2.24) is 14.9 Å². The highest BCUT2D eigenvalue weighted by Crippen LogP contribution is 2.23. The van der Waals surface area contributed by atoms with Crippen molar-refractivity contribution in [2.45, 2.75) is 38.6 Å². The van der Waals surface area contributed by atoms with Crippen LogP contribution in [0.4, 0.5) is 0 Å². The molecule has 1 atom stereocenters. The molecule has 1 fully saturated rings. The molecule has 1 aliphatic rings. The maximum absolute atomic E-state index is 12.7. The first-order chi connectivity index (χ1) is 11.3. The summed E-state index contributed by atoms with van der Waals surface area (Å²) in [6.07, 6.45) is 7.68. The molecule has 1 saturated heterocycles. The van der Waals surface area contributed by atoms with E-state index in [1.54, 1.807) is 30.6 Å². The van der Waals surface area contributed by atoms with Gasteiger partial charge in [-0.15, -0.1) is 0 Å². The van der Waals surface area contributed by atoms with Crippen LogP contribution in [0.15, 0.2) is 42.7 Å². The average Bonchev–Trinajstić information content (AvgIpc) is 2.62. The number of piperidine rings is 1. The first-order valence-electron chi connectivity index (χ1n) is 8.14. The molecule has 1 aromatic heterocycles. The summed E-state index contributed by atoms with van der Waals surface area (Å²) >= 11 is 0. The number of benzene rings is 1. The molecule has 1 unspecified atom stereocenters. The molecule has 5 heteroatoms. The van der Waals surface area contributed by atoms with E-state index >= 15 is 0 Å². The highest BCUT2D eigenvalue weighted by Gasteiger charge is 2.26. The Morgan fingerprint density at radius 2 is 1.96 bits per heavy atom. The Labute approximate surface area is 136 Å². The summed E-state index contributed by atoms with van der Waals surface area (Å²) in [5.74, 6) is 0.734. The van der Waals surface area contributed by atoms with Gasteiger partial charge in [0, 0.05) is 30.5 Å². The van der Waals surface area contributed by atoms with E-state index in [0.717, 1.165) is 25.8 Å². The average molecular weight is 311 g/mol. The van der Waals surface area contributed by atoms with Crippen LogP contribution in [0.1, 0.15) is 43.0 Å². The van der Waals surface area contributed by atoms with Crippen LogP contribution in [0, 0.1) is 0 Å². The van der Waals surface area contributed by atoms with Gasteiger partial charge < -0.3 is 9.64 Å². The molecule has 0 N–H and O–H groups in total. The first kappa shape index (κ1) is 15.5. The van der Waals surface area contributed by atoms with E-state index in [9.17, 15) is 4.79 Å². The molecule has 1 aromatic carbocycles. The predicted molar refractivity (Wildman–Crippen MR) is 87.5 cm³/mol. The van der Waals surface area contributed by atoms with Crippen LogP contribution in [0.5, 0.6) is 11.8 Å². The van der Waals surface area contributed by atoms with E-state index in [-0.39, 0.29) is 5.91 Å². The number of amides is 1. The molecule has 2 aromatic rings. The minimum atomic E-state index is 0.110. The lowest BCUT2D eigenvalue weighted by atomic mass is 9.99. The number of hydrogen-bond acceptors (Lipinski definition) is 4. The summed E-state index contributed by atoms with van der Waals surface area (Å²) in [4.78, 5) is 22.7. The fourth-order valence-corrected chi connectivity index (χ4v) is 2.97. The van der Waals surface area contributed by atoms with Crippen LogP contribution in [0.3, 0.4) is 0 Å². The third-order valence-electron chi connectivity index (χ3n) is 4.21. The Morgan fingerprint density at radius 1 is 1.22 bits per heavy atom. The molecule has 1 aliphatic heterocycles. The van der Waals surface area contributed by atoms with Crippen LogP contribution in [-0.4, -0.2) is 33.4 Å². The molecular weight excluding hydrogens is 290 g/mol. The molecule has 0 aliphatic carbocycles. The normalized spacial score (nSPS) is 17.8. The van der Waals surface area contributed by atoms with Crippen LogP contribution >= 0.6 is 0 Å². The maximum Gasteiger partial charge on any atom is 0.321 e. The summed E-state index contributed by atoms with van der Waals surface area (Å²) < 4.78 is 5.55. The zero-order valence-electron chi connectivity index (χ0n) is 13.3. The van der Waals surface area contributed by atoms with Gasteiger partial charge in [-0.1, -0.05) is 6.92 Å². The molecule has 0 saturated carbocycles. The lowest BCUT2D eigenvalue weighted by Gasteiger charge is -2.35. The number of hydrogen-bond donors (Lipinski definition) is 0. The zero-order chi connectivity index (χ0) is 16.1. The third kappa shape index (κ3) is 3.67. The third-order valence-corrected chi connectivity index (χ3v) is 4.21.